The highest BCUT2D eigenvalue weighted by atomic mass is 31.2. The molecule has 4 aliphatic rings. The Morgan fingerprint density at radius 1 is 1.06 bits per heavy atom. The molecule has 8 N–H and O–H groups in total. The van der Waals surface area contributed by atoms with Crippen molar-refractivity contribution in [3.05, 3.63) is 118 Å². The first kappa shape index (κ1) is 37.2. The summed E-state index contributed by atoms with van der Waals surface area (Å²) < 4.78 is 33.3. The van der Waals surface area contributed by atoms with Crippen molar-refractivity contribution in [2.24, 2.45) is 0 Å². The van der Waals surface area contributed by atoms with Crippen LogP contribution in [0.15, 0.2) is 78.0 Å². The Morgan fingerprint density at radius 3 is 2.54 bits per heavy atom. The molecule has 0 radical (unpaired) electrons. The van der Waals surface area contributed by atoms with Gasteiger partial charge in [-0.2, -0.15) is 16.2 Å². The Kier molecular flexibility index (Phi) is 9.83. The van der Waals surface area contributed by atoms with Crippen LogP contribution in [0, 0.1) is 20.3 Å². The van der Waals surface area contributed by atoms with Crippen LogP contribution in [-0.2, 0) is 39.0 Å². The molecule has 15 nitrogen and oxygen atoms in total. The standard InChI is InChI=1S/C38H40N5O10P/c1-22-17-23(2)34(32(18-22)51-54(47,52-39)53-40)37(3,4)21-33(44)41-24-9-11-28-30(19-24)49-31-20-25(42-36(46)43-13-15-48-16-14-43)10-12-29(31)38(28)27-8-6-5-7-26(27)35(45)50-38/h5-12,17-20H,13-16,21H2,1-4,39-40H3/q+2/p+2. The zero-order chi connectivity index (χ0) is 38.4. The van der Waals surface area contributed by atoms with Crippen LogP contribution in [0.3, 0.4) is 0 Å². The van der Waals surface area contributed by atoms with Crippen molar-refractivity contribution in [1.82, 2.24) is 10.2 Å². The van der Waals surface area contributed by atoms with Crippen LogP contribution in [0.2, 0.25) is 0 Å². The van der Waals surface area contributed by atoms with Crippen molar-refractivity contribution in [3.8, 4) is 11.5 Å². The molecule has 3 aliphatic heterocycles. The minimum atomic E-state index is -4.11. The summed E-state index contributed by atoms with van der Waals surface area (Å²) in [5.41, 5.74) is 3.24. The lowest BCUT2D eigenvalue weighted by molar-refractivity contribution is -0.700. The number of allylic oxidation sites excluding steroid dienone is 2. The first-order chi connectivity index (χ1) is 25.8. The molecular formula is C38H42N5O10P+4. The van der Waals surface area contributed by atoms with Gasteiger partial charge in [0, 0.05) is 45.3 Å². The van der Waals surface area contributed by atoms with Gasteiger partial charge in [0.2, 0.25) is 11.5 Å². The monoisotopic (exact) mass is 759 g/mol. The van der Waals surface area contributed by atoms with Crippen LogP contribution >= 0.6 is 8.17 Å². The van der Waals surface area contributed by atoms with Gasteiger partial charge in [0.25, 0.3) is 5.60 Å². The van der Waals surface area contributed by atoms with Gasteiger partial charge in [-0.3, -0.25) is 9.32 Å². The van der Waals surface area contributed by atoms with Gasteiger partial charge in [0.1, 0.15) is 5.56 Å². The summed E-state index contributed by atoms with van der Waals surface area (Å²) in [6.45, 7) is 9.35. The molecule has 1 fully saturated rings. The highest BCUT2D eigenvalue weighted by Crippen LogP contribution is 2.54. The number of morpholine rings is 1. The molecule has 0 saturated carbocycles. The predicted octanol–water partition coefficient (Wildman–Crippen LogP) is 2.69. The number of esters is 1. The number of carbonyl (C=O) groups is 3. The molecule has 16 heteroatoms. The molecule has 280 valence electrons. The van der Waals surface area contributed by atoms with E-state index in [0.29, 0.717) is 77.0 Å². The zero-order valence-electron chi connectivity index (χ0n) is 30.4. The summed E-state index contributed by atoms with van der Waals surface area (Å²) in [5, 5.41) is 5.92. The van der Waals surface area contributed by atoms with Crippen molar-refractivity contribution in [2.75, 3.05) is 31.6 Å². The smallest absolute Gasteiger partial charge is 0.555 e. The summed E-state index contributed by atoms with van der Waals surface area (Å²) in [6, 6.07) is 15.8. The maximum atomic E-state index is 13.8. The van der Waals surface area contributed by atoms with Crippen molar-refractivity contribution in [1.29, 1.82) is 0 Å². The van der Waals surface area contributed by atoms with Gasteiger partial charge in [-0.05, 0) is 49.2 Å². The molecule has 3 aromatic rings. The minimum absolute atomic E-state index is 0.00404. The summed E-state index contributed by atoms with van der Waals surface area (Å²) in [4.78, 5) is 54.7. The molecule has 7 rings (SSSR count). The topological polar surface area (TPSA) is 214 Å². The van der Waals surface area contributed by atoms with Gasteiger partial charge in [-0.25, -0.2) is 9.59 Å². The molecule has 1 unspecified atom stereocenters. The van der Waals surface area contributed by atoms with Gasteiger partial charge < -0.3 is 29.9 Å². The molecule has 1 atom stereocenters. The van der Waals surface area contributed by atoms with E-state index in [0.717, 1.165) is 11.1 Å². The third-order valence-corrected chi connectivity index (χ3v) is 10.8. The first-order valence-electron chi connectivity index (χ1n) is 17.3. The number of ether oxygens (including phenoxy) is 2. The van der Waals surface area contributed by atoms with E-state index >= 15 is 0 Å². The fourth-order valence-corrected chi connectivity index (χ4v) is 8.14. The second kappa shape index (κ2) is 14.3. The Labute approximate surface area is 312 Å². The first-order valence-corrected chi connectivity index (χ1v) is 18.7. The normalized spacial score (nSPS) is 19.0. The van der Waals surface area contributed by atoms with Gasteiger partial charge >= 0.3 is 31.7 Å². The molecule has 3 heterocycles. The van der Waals surface area contributed by atoms with E-state index in [1.165, 1.54) is 0 Å². The largest absolute Gasteiger partial charge is 0.589 e. The number of quaternary nitrogens is 2. The van der Waals surface area contributed by atoms with E-state index < -0.39 is 25.2 Å². The average Bonchev–Trinajstić information content (AvgIpc) is 3.43. The third kappa shape index (κ3) is 6.75. The maximum absolute atomic E-state index is 13.8. The lowest BCUT2D eigenvalue weighted by Gasteiger charge is -2.29. The second-order valence-corrected chi connectivity index (χ2v) is 15.6. The van der Waals surface area contributed by atoms with E-state index in [1.807, 2.05) is 45.9 Å². The number of anilines is 1. The number of fused-ring (bicyclic) bond motifs is 6. The van der Waals surface area contributed by atoms with E-state index in [9.17, 15) is 19.3 Å². The van der Waals surface area contributed by atoms with E-state index in [-0.39, 0.29) is 24.1 Å². The van der Waals surface area contributed by atoms with Crippen molar-refractivity contribution in [3.63, 3.8) is 0 Å². The molecule has 3 aromatic carbocycles. The summed E-state index contributed by atoms with van der Waals surface area (Å²) in [5.74, 6) is 6.52. The highest BCUT2D eigenvalue weighted by molar-refractivity contribution is 7.54. The Hall–Kier alpha value is -5.12. The fourth-order valence-electron chi connectivity index (χ4n) is 7.57. The second-order valence-electron chi connectivity index (χ2n) is 14.0. The third-order valence-electron chi connectivity index (χ3n) is 9.80. The molecule has 1 spiro atoms. The van der Waals surface area contributed by atoms with Crippen LogP contribution in [0.5, 0.6) is 11.5 Å². The molecule has 0 bridgehead atoms. The number of amides is 3. The van der Waals surface area contributed by atoms with Gasteiger partial charge in [0.15, 0.2) is 17.5 Å². The SMILES string of the molecule is Cc1cc(C)c(C(C)(C)CC(=O)NC2=CC3=[O+]c4cc(NC(=O)N5CCOCC5)ccc4C4(OC(=O)c5ccccc54)C3=C[CH+]2)c(O[P+]([O-])(O[NH3+])O[NH3+])c1. The number of carbonyl (C=O) groups excluding carboxylic acids is 4. The van der Waals surface area contributed by atoms with E-state index in [2.05, 4.69) is 22.4 Å². The number of nitrogens with zero attached hydrogens (tertiary/aromatic N) is 1. The van der Waals surface area contributed by atoms with Gasteiger partial charge in [-0.1, -0.05) is 38.1 Å². The Bertz CT molecular complexity index is 2140. The van der Waals surface area contributed by atoms with Crippen molar-refractivity contribution >= 4 is 37.5 Å². The summed E-state index contributed by atoms with van der Waals surface area (Å²) in [6.07, 6.45) is 5.17. The predicted molar refractivity (Wildman–Crippen MR) is 193 cm³/mol. The Balaban J connectivity index is 1.19. The number of ketones is 1. The van der Waals surface area contributed by atoms with Gasteiger partial charge in [0.05, 0.1) is 43.0 Å². The highest BCUT2D eigenvalue weighted by Gasteiger charge is 2.63. The fraction of sp³-hybridized carbons (Fsp3) is 0.289. The summed E-state index contributed by atoms with van der Waals surface area (Å²) >= 11 is 0. The number of urea groups is 1. The average molecular weight is 760 g/mol. The number of aryl methyl sites for hydroxylation is 2. The number of phosphoric acid groups is 1. The number of hydrogen-bond acceptors (Lipinski definition) is 9. The van der Waals surface area contributed by atoms with Gasteiger partial charge in [-0.15, -0.1) is 0 Å². The van der Waals surface area contributed by atoms with Crippen LogP contribution in [-0.4, -0.2) is 54.9 Å². The summed E-state index contributed by atoms with van der Waals surface area (Å²) in [7, 11) is -4.11. The molecule has 0 aromatic heterocycles. The van der Waals surface area contributed by atoms with E-state index in [4.69, 9.17) is 27.7 Å². The molecule has 1 aliphatic carbocycles. The van der Waals surface area contributed by atoms with Crippen LogP contribution < -0.4 is 31.8 Å². The van der Waals surface area contributed by atoms with Crippen LogP contribution in [0.1, 0.15) is 58.4 Å². The van der Waals surface area contributed by atoms with Crippen molar-refractivity contribution < 1.29 is 58.7 Å². The van der Waals surface area contributed by atoms with Crippen LogP contribution in [0.25, 0.3) is 0 Å². The zero-order valence-corrected chi connectivity index (χ0v) is 31.2. The molecular weight excluding hydrogens is 717 g/mol. The van der Waals surface area contributed by atoms with Crippen molar-refractivity contribution in [2.45, 2.75) is 45.1 Å². The number of nitrogens with one attached hydrogen (secondary N) is 2. The molecule has 54 heavy (non-hydrogen) atoms. The molecule has 1 saturated heterocycles. The minimum Gasteiger partial charge on any atom is -0.589 e. The Morgan fingerprint density at radius 2 is 1.80 bits per heavy atom. The van der Waals surface area contributed by atoms with Crippen LogP contribution in [0.4, 0.5) is 10.5 Å². The lowest BCUT2D eigenvalue weighted by Crippen LogP contribution is -2.58. The lowest BCUT2D eigenvalue weighted by atomic mass is 9.74. The number of hydrogen-bond donors (Lipinski definition) is 4. The number of rotatable bonds is 9. The number of benzene rings is 3. The quantitative estimate of drug-likeness (QED) is 0.0829. The molecule has 3 amide bonds. The van der Waals surface area contributed by atoms with E-state index in [1.54, 1.807) is 59.9 Å². The maximum Gasteiger partial charge on any atom is 0.555 e.